The molecule has 3 rings (SSSR count). The molecule has 0 unspecified atom stereocenters. The van der Waals surface area contributed by atoms with Crippen molar-refractivity contribution in [3.8, 4) is 0 Å². The Balaban J connectivity index is 0.000000845. The highest BCUT2D eigenvalue weighted by atomic mass is 35.5. The highest BCUT2D eigenvalue weighted by molar-refractivity contribution is 4.70. The molecule has 0 aromatic heterocycles. The first-order valence-corrected chi connectivity index (χ1v) is 4.91. The predicted molar refractivity (Wildman–Crippen MR) is 48.0 cm³/mol. The number of fused-ring (bicyclic) bond motifs is 3. The van der Waals surface area contributed by atoms with Gasteiger partial charge in [-0.25, -0.2) is 0 Å². The van der Waals surface area contributed by atoms with Crippen LogP contribution in [0.15, 0.2) is 0 Å². The van der Waals surface area contributed by atoms with E-state index < -0.39 is 0 Å². The molecule has 4 heteroatoms. The maximum Gasteiger partial charge on any atom is 0.102 e. The molecule has 0 radical (unpaired) electrons. The van der Waals surface area contributed by atoms with Crippen molar-refractivity contribution < 1.29 is 21.6 Å². The van der Waals surface area contributed by atoms with Gasteiger partial charge < -0.3 is 21.6 Å². The quantitative estimate of drug-likeness (QED) is 0.451. The summed E-state index contributed by atoms with van der Waals surface area (Å²) >= 11 is 0. The molecule has 3 aliphatic rings. The van der Waals surface area contributed by atoms with Crippen LogP contribution in [-0.4, -0.2) is 68.9 Å². The number of halogens is 1. The smallest absolute Gasteiger partial charge is 0.102 e. The van der Waals surface area contributed by atoms with Crippen LogP contribution in [0.2, 0.25) is 0 Å². The number of rotatable bonds is 3. The average molecular weight is 207 g/mol. The standard InChI is InChI=1S/C9H19N2O.ClH/c1-12-9-8-11-5-2-10(3-6-11)4-7-11;/h2-9H2,1H3;1H/q+1;/p-1. The lowest BCUT2D eigenvalue weighted by atomic mass is 10.1. The van der Waals surface area contributed by atoms with E-state index in [1.165, 1.54) is 50.3 Å². The van der Waals surface area contributed by atoms with Gasteiger partial charge in [0.1, 0.15) is 6.54 Å². The van der Waals surface area contributed by atoms with Gasteiger partial charge in [-0.1, -0.05) is 0 Å². The number of ether oxygens (including phenoxy) is 1. The number of hydrogen-bond donors (Lipinski definition) is 0. The number of methoxy groups -OCH3 is 1. The summed E-state index contributed by atoms with van der Waals surface area (Å²) in [7, 11) is 1.80. The zero-order valence-electron chi connectivity index (χ0n) is 8.34. The largest absolute Gasteiger partial charge is 1.00 e. The van der Waals surface area contributed by atoms with Crippen LogP contribution < -0.4 is 12.4 Å². The third-order valence-corrected chi connectivity index (χ3v) is 3.44. The lowest BCUT2D eigenvalue weighted by Crippen LogP contribution is -3.00. The van der Waals surface area contributed by atoms with Crippen LogP contribution >= 0.6 is 0 Å². The molecule has 78 valence electrons. The monoisotopic (exact) mass is 206 g/mol. The van der Waals surface area contributed by atoms with Crippen molar-refractivity contribution >= 4 is 0 Å². The van der Waals surface area contributed by atoms with Gasteiger partial charge in [0, 0.05) is 26.7 Å². The van der Waals surface area contributed by atoms with E-state index in [1.807, 2.05) is 0 Å². The fourth-order valence-electron chi connectivity index (χ4n) is 2.35. The number of piperazine rings is 3. The van der Waals surface area contributed by atoms with Gasteiger partial charge >= 0.3 is 0 Å². The van der Waals surface area contributed by atoms with Gasteiger partial charge in [0.05, 0.1) is 26.2 Å². The van der Waals surface area contributed by atoms with E-state index in [1.54, 1.807) is 7.11 Å². The van der Waals surface area contributed by atoms with Gasteiger partial charge in [-0.3, -0.25) is 4.90 Å². The summed E-state index contributed by atoms with van der Waals surface area (Å²) in [5.41, 5.74) is 0. The van der Waals surface area contributed by atoms with Crippen molar-refractivity contribution in [1.29, 1.82) is 0 Å². The van der Waals surface area contributed by atoms with Crippen LogP contribution in [-0.2, 0) is 4.74 Å². The molecule has 3 fully saturated rings. The Morgan fingerprint density at radius 3 is 2.15 bits per heavy atom. The molecule has 0 spiro atoms. The fraction of sp³-hybridized carbons (Fsp3) is 1.00. The van der Waals surface area contributed by atoms with E-state index in [0.29, 0.717) is 0 Å². The van der Waals surface area contributed by atoms with Gasteiger partial charge in [-0.15, -0.1) is 0 Å². The Morgan fingerprint density at radius 1 is 1.15 bits per heavy atom. The van der Waals surface area contributed by atoms with Crippen LogP contribution in [0.1, 0.15) is 0 Å². The predicted octanol–water partition coefficient (Wildman–Crippen LogP) is -3.22. The zero-order valence-corrected chi connectivity index (χ0v) is 9.09. The summed E-state index contributed by atoms with van der Waals surface area (Å²) in [5.74, 6) is 0. The lowest BCUT2D eigenvalue weighted by Gasteiger charge is -2.50. The highest BCUT2D eigenvalue weighted by Crippen LogP contribution is 2.18. The van der Waals surface area contributed by atoms with Crippen LogP contribution in [0.3, 0.4) is 0 Å². The second-order valence-corrected chi connectivity index (χ2v) is 4.07. The number of quaternary nitrogens is 1. The molecule has 13 heavy (non-hydrogen) atoms. The van der Waals surface area contributed by atoms with Crippen molar-refractivity contribution in [2.24, 2.45) is 0 Å². The van der Waals surface area contributed by atoms with Crippen LogP contribution in [0.25, 0.3) is 0 Å². The molecule has 3 saturated heterocycles. The maximum atomic E-state index is 5.16. The molecule has 0 aliphatic carbocycles. The molecule has 3 aliphatic heterocycles. The van der Waals surface area contributed by atoms with E-state index >= 15 is 0 Å². The van der Waals surface area contributed by atoms with E-state index in [-0.39, 0.29) is 12.4 Å². The molecular weight excluding hydrogens is 188 g/mol. The number of hydrogen-bond acceptors (Lipinski definition) is 2. The zero-order chi connectivity index (χ0) is 8.44. The van der Waals surface area contributed by atoms with Crippen LogP contribution in [0.5, 0.6) is 0 Å². The fourth-order valence-corrected chi connectivity index (χ4v) is 2.35. The topological polar surface area (TPSA) is 12.5 Å². The maximum absolute atomic E-state index is 5.16. The van der Waals surface area contributed by atoms with E-state index in [9.17, 15) is 0 Å². The minimum Gasteiger partial charge on any atom is -1.00 e. The molecule has 2 bridgehead atoms. The first-order valence-electron chi connectivity index (χ1n) is 4.91. The van der Waals surface area contributed by atoms with Crippen molar-refractivity contribution in [3.63, 3.8) is 0 Å². The average Bonchev–Trinajstić information content (AvgIpc) is 2.18. The SMILES string of the molecule is COCC[N+]12CCN(CC1)CC2.[Cl-]. The third-order valence-electron chi connectivity index (χ3n) is 3.44. The Kier molecular flexibility index (Phi) is 3.98. The summed E-state index contributed by atoms with van der Waals surface area (Å²) in [6, 6.07) is 0. The van der Waals surface area contributed by atoms with Crippen LogP contribution in [0, 0.1) is 0 Å². The molecule has 0 aromatic rings. The Hall–Kier alpha value is 0.170. The van der Waals surface area contributed by atoms with Gasteiger partial charge in [-0.2, -0.15) is 0 Å². The molecule has 0 amide bonds. The Labute approximate surface area is 86.6 Å². The molecular formula is C9H19ClN2O. The molecule has 3 heterocycles. The van der Waals surface area contributed by atoms with Crippen molar-refractivity contribution in [2.75, 3.05) is 59.5 Å². The number of nitrogens with zero attached hydrogens (tertiary/aromatic N) is 2. The summed E-state index contributed by atoms with van der Waals surface area (Å²) < 4.78 is 6.48. The third kappa shape index (κ3) is 2.34. The minimum atomic E-state index is 0. The van der Waals surface area contributed by atoms with Gasteiger partial charge in [-0.05, 0) is 0 Å². The lowest BCUT2D eigenvalue weighted by molar-refractivity contribution is -0.941. The second-order valence-electron chi connectivity index (χ2n) is 4.07. The summed E-state index contributed by atoms with van der Waals surface area (Å²) in [5, 5.41) is 0. The summed E-state index contributed by atoms with van der Waals surface area (Å²) in [6.45, 7) is 10.1. The first-order chi connectivity index (χ1) is 5.85. The van der Waals surface area contributed by atoms with E-state index in [2.05, 4.69) is 4.90 Å². The minimum absolute atomic E-state index is 0. The molecule has 0 N–H and O–H groups in total. The summed E-state index contributed by atoms with van der Waals surface area (Å²) in [6.07, 6.45) is 0. The van der Waals surface area contributed by atoms with Crippen LogP contribution in [0.4, 0.5) is 0 Å². The normalized spacial score (nSPS) is 37.2. The summed E-state index contributed by atoms with van der Waals surface area (Å²) in [4.78, 5) is 2.58. The van der Waals surface area contributed by atoms with Gasteiger partial charge in [0.2, 0.25) is 0 Å². The van der Waals surface area contributed by atoms with E-state index in [4.69, 9.17) is 4.74 Å². The Bertz CT molecular complexity index is 144. The van der Waals surface area contributed by atoms with Crippen molar-refractivity contribution in [1.82, 2.24) is 4.90 Å². The van der Waals surface area contributed by atoms with Crippen molar-refractivity contribution in [2.45, 2.75) is 0 Å². The van der Waals surface area contributed by atoms with Crippen molar-refractivity contribution in [3.05, 3.63) is 0 Å². The first kappa shape index (κ1) is 11.2. The molecule has 0 aromatic carbocycles. The molecule has 3 nitrogen and oxygen atoms in total. The highest BCUT2D eigenvalue weighted by Gasteiger charge is 2.37. The Morgan fingerprint density at radius 2 is 1.69 bits per heavy atom. The van der Waals surface area contributed by atoms with E-state index in [0.717, 1.165) is 6.61 Å². The molecule has 0 atom stereocenters. The van der Waals surface area contributed by atoms with Gasteiger partial charge in [0.25, 0.3) is 0 Å². The second kappa shape index (κ2) is 4.60. The van der Waals surface area contributed by atoms with Gasteiger partial charge in [0.15, 0.2) is 0 Å². The molecule has 0 saturated carbocycles.